The first-order chi connectivity index (χ1) is 11.3. The Morgan fingerprint density at radius 3 is 2.62 bits per heavy atom. The molecular formula is C12H12FN7O4. The third-order valence-corrected chi connectivity index (χ3v) is 2.68. The van der Waals surface area contributed by atoms with Gasteiger partial charge in [0.05, 0.1) is 19.0 Å². The number of pyridine rings is 1. The number of carbonyl (C=O) groups is 2. The number of esters is 1. The zero-order valence-electron chi connectivity index (χ0n) is 12.2. The Balaban J connectivity index is 2.15. The number of ether oxygens (including phenoxy) is 1. The van der Waals surface area contributed by atoms with Gasteiger partial charge in [0.25, 0.3) is 5.56 Å². The second-order valence-electron chi connectivity index (χ2n) is 4.34. The predicted octanol–water partition coefficient (Wildman–Crippen LogP) is -0.101. The van der Waals surface area contributed by atoms with Crippen LogP contribution < -0.4 is 27.7 Å². The van der Waals surface area contributed by atoms with Gasteiger partial charge in [-0.15, -0.1) is 0 Å². The summed E-state index contributed by atoms with van der Waals surface area (Å²) in [6.45, 7) is 0. The number of hydrogen-bond donors (Lipinski definition) is 5. The maximum Gasteiger partial charge on any atom is 0.359 e. The number of H-pyrrole nitrogens is 1. The molecule has 0 saturated carbocycles. The summed E-state index contributed by atoms with van der Waals surface area (Å²) in [5.41, 5.74) is 9.06. The molecule has 2 aromatic rings. The van der Waals surface area contributed by atoms with Crippen LogP contribution in [0.2, 0.25) is 0 Å². The lowest BCUT2D eigenvalue weighted by atomic mass is 10.3. The van der Waals surface area contributed by atoms with Gasteiger partial charge in [0.1, 0.15) is 0 Å². The first-order valence-corrected chi connectivity index (χ1v) is 6.29. The van der Waals surface area contributed by atoms with E-state index in [0.29, 0.717) is 0 Å². The van der Waals surface area contributed by atoms with Crippen LogP contribution in [0.3, 0.4) is 0 Å². The number of amides is 2. The van der Waals surface area contributed by atoms with Gasteiger partial charge in [0.15, 0.2) is 23.0 Å². The van der Waals surface area contributed by atoms with Crippen LogP contribution in [0.4, 0.5) is 32.3 Å². The first kappa shape index (κ1) is 16.7. The van der Waals surface area contributed by atoms with Crippen molar-refractivity contribution >= 4 is 35.1 Å². The van der Waals surface area contributed by atoms with Crippen molar-refractivity contribution in [1.29, 1.82) is 0 Å². The molecule has 0 unspecified atom stereocenters. The van der Waals surface area contributed by atoms with E-state index in [1.165, 1.54) is 0 Å². The molecule has 126 valence electrons. The Bertz CT molecular complexity index is 867. The highest BCUT2D eigenvalue weighted by Crippen LogP contribution is 2.14. The van der Waals surface area contributed by atoms with E-state index >= 15 is 0 Å². The predicted molar refractivity (Wildman–Crippen MR) is 81.9 cm³/mol. The quantitative estimate of drug-likeness (QED) is 0.482. The van der Waals surface area contributed by atoms with E-state index in [9.17, 15) is 18.8 Å². The minimum Gasteiger partial charge on any atom is -0.464 e. The summed E-state index contributed by atoms with van der Waals surface area (Å²) in [6, 6.07) is -0.0565. The van der Waals surface area contributed by atoms with Crippen LogP contribution in [0.1, 0.15) is 10.5 Å². The number of carbonyl (C=O) groups excluding carboxylic acids is 2. The summed E-state index contributed by atoms with van der Waals surface area (Å²) in [7, 11) is 1.08. The maximum atomic E-state index is 13.7. The van der Waals surface area contributed by atoms with Gasteiger partial charge in [0, 0.05) is 6.07 Å². The van der Waals surface area contributed by atoms with Gasteiger partial charge in [-0.25, -0.2) is 19.0 Å². The molecule has 11 nitrogen and oxygen atoms in total. The Morgan fingerprint density at radius 2 is 2.04 bits per heavy atom. The van der Waals surface area contributed by atoms with E-state index in [0.717, 1.165) is 19.4 Å². The maximum absolute atomic E-state index is 13.7. The van der Waals surface area contributed by atoms with Gasteiger partial charge in [0.2, 0.25) is 5.95 Å². The summed E-state index contributed by atoms with van der Waals surface area (Å²) in [5.74, 6) is -2.47. The lowest BCUT2D eigenvalue weighted by Crippen LogP contribution is -2.27. The highest BCUT2D eigenvalue weighted by molar-refractivity contribution is 6.01. The molecule has 7 N–H and O–H groups in total. The number of hydrogen-bond acceptors (Lipinski definition) is 8. The SMILES string of the molecule is COC(=O)c1ncc(NC(=O)Nc2c(N)nc(N)[nH]c2=O)cc1F. The number of nitrogens with two attached hydrogens (primary N) is 2. The molecule has 0 bridgehead atoms. The van der Waals surface area contributed by atoms with Gasteiger partial charge >= 0.3 is 12.0 Å². The van der Waals surface area contributed by atoms with Gasteiger partial charge in [-0.2, -0.15) is 4.98 Å². The number of anilines is 4. The van der Waals surface area contributed by atoms with Crippen molar-refractivity contribution in [2.45, 2.75) is 0 Å². The highest BCUT2D eigenvalue weighted by atomic mass is 19.1. The first-order valence-electron chi connectivity index (χ1n) is 6.29. The van der Waals surface area contributed by atoms with Gasteiger partial charge < -0.3 is 21.5 Å². The molecule has 2 rings (SSSR count). The highest BCUT2D eigenvalue weighted by Gasteiger charge is 2.16. The van der Waals surface area contributed by atoms with Crippen LogP contribution in [0, 0.1) is 5.82 Å². The van der Waals surface area contributed by atoms with Crippen LogP contribution in [-0.4, -0.2) is 34.1 Å². The number of methoxy groups -OCH3 is 1. The molecule has 0 aliphatic heterocycles. The van der Waals surface area contributed by atoms with Crippen LogP contribution in [0.15, 0.2) is 17.1 Å². The molecular weight excluding hydrogens is 325 g/mol. The molecule has 2 heterocycles. The molecule has 0 saturated heterocycles. The molecule has 2 amide bonds. The molecule has 12 heteroatoms. The molecule has 2 aromatic heterocycles. The van der Waals surface area contributed by atoms with Crippen molar-refractivity contribution in [3.8, 4) is 0 Å². The summed E-state index contributed by atoms with van der Waals surface area (Å²) in [6.07, 6.45) is 1.03. The minimum absolute atomic E-state index is 0.0731. The summed E-state index contributed by atoms with van der Waals surface area (Å²) < 4.78 is 18.0. The molecule has 0 aliphatic carbocycles. The smallest absolute Gasteiger partial charge is 0.359 e. The molecule has 0 aliphatic rings. The van der Waals surface area contributed by atoms with E-state index in [2.05, 4.69) is 30.3 Å². The fraction of sp³-hybridized carbons (Fsp3) is 0.0833. The Labute approximate surface area is 133 Å². The number of rotatable bonds is 3. The third kappa shape index (κ3) is 3.55. The average molecular weight is 337 g/mol. The van der Waals surface area contributed by atoms with Crippen LogP contribution in [0.5, 0.6) is 0 Å². The van der Waals surface area contributed by atoms with Crippen molar-refractivity contribution < 1.29 is 18.7 Å². The number of aromatic nitrogens is 3. The number of nitrogens with one attached hydrogen (secondary N) is 3. The van der Waals surface area contributed by atoms with Gasteiger partial charge in [-0.1, -0.05) is 0 Å². The van der Waals surface area contributed by atoms with Gasteiger partial charge in [-0.05, 0) is 0 Å². The average Bonchev–Trinajstić information content (AvgIpc) is 2.50. The van der Waals surface area contributed by atoms with Crippen molar-refractivity contribution in [2.24, 2.45) is 0 Å². The second-order valence-corrected chi connectivity index (χ2v) is 4.34. The van der Waals surface area contributed by atoms with Crippen molar-refractivity contribution in [3.63, 3.8) is 0 Å². The zero-order chi connectivity index (χ0) is 17.9. The molecule has 0 fully saturated rings. The lowest BCUT2D eigenvalue weighted by Gasteiger charge is -2.09. The number of aromatic amines is 1. The van der Waals surface area contributed by atoms with E-state index < -0.39 is 29.1 Å². The van der Waals surface area contributed by atoms with E-state index in [1.54, 1.807) is 0 Å². The molecule has 0 spiro atoms. The van der Waals surface area contributed by atoms with Crippen LogP contribution in [0.25, 0.3) is 0 Å². The lowest BCUT2D eigenvalue weighted by molar-refractivity contribution is 0.0588. The summed E-state index contributed by atoms with van der Waals surface area (Å²) in [5, 5.41) is 4.36. The zero-order valence-corrected chi connectivity index (χ0v) is 12.2. The van der Waals surface area contributed by atoms with Crippen LogP contribution >= 0.6 is 0 Å². The number of nitrogens with zero attached hydrogens (tertiary/aromatic N) is 2. The molecule has 0 aromatic carbocycles. The number of halogens is 1. The van der Waals surface area contributed by atoms with E-state index in [4.69, 9.17) is 11.5 Å². The van der Waals surface area contributed by atoms with Crippen molar-refractivity contribution in [2.75, 3.05) is 29.2 Å². The van der Waals surface area contributed by atoms with E-state index in [-0.39, 0.29) is 23.1 Å². The third-order valence-electron chi connectivity index (χ3n) is 2.68. The summed E-state index contributed by atoms with van der Waals surface area (Å²) in [4.78, 5) is 44.0. The fourth-order valence-corrected chi connectivity index (χ4v) is 1.66. The normalized spacial score (nSPS) is 10.1. The Kier molecular flexibility index (Phi) is 4.58. The van der Waals surface area contributed by atoms with Gasteiger partial charge in [-0.3, -0.25) is 15.1 Å². The standard InChI is InChI=1S/C12H12FN7O4/c1-24-10(22)6-5(13)2-4(3-16-6)17-12(23)18-7-8(14)19-11(15)20-9(7)21/h2-3H,1H3,(H2,17,18,23)(H5,14,15,19,20,21). The number of nitrogen functional groups attached to an aromatic ring is 2. The molecule has 24 heavy (non-hydrogen) atoms. The Hall–Kier alpha value is -3.70. The number of urea groups is 1. The molecule has 0 atom stereocenters. The topological polar surface area (TPSA) is 178 Å². The largest absolute Gasteiger partial charge is 0.464 e. The minimum atomic E-state index is -0.994. The Morgan fingerprint density at radius 1 is 1.33 bits per heavy atom. The van der Waals surface area contributed by atoms with Crippen molar-refractivity contribution in [3.05, 3.63) is 34.1 Å². The molecule has 0 radical (unpaired) electrons. The van der Waals surface area contributed by atoms with Crippen LogP contribution in [-0.2, 0) is 4.74 Å². The fourth-order valence-electron chi connectivity index (χ4n) is 1.66. The summed E-state index contributed by atoms with van der Waals surface area (Å²) >= 11 is 0. The van der Waals surface area contributed by atoms with E-state index in [1.807, 2.05) is 0 Å². The monoisotopic (exact) mass is 337 g/mol. The van der Waals surface area contributed by atoms with Crippen molar-refractivity contribution in [1.82, 2.24) is 15.0 Å². The second kappa shape index (κ2) is 6.60.